The van der Waals surface area contributed by atoms with E-state index >= 15 is 0 Å². The van der Waals surface area contributed by atoms with Crippen LogP contribution in [0.4, 0.5) is 11.4 Å². The van der Waals surface area contributed by atoms with Crippen LogP contribution in [0, 0.1) is 0 Å². The van der Waals surface area contributed by atoms with Crippen molar-refractivity contribution in [1.29, 1.82) is 0 Å². The second kappa shape index (κ2) is 6.08. The van der Waals surface area contributed by atoms with Gasteiger partial charge in [0, 0.05) is 22.4 Å². The van der Waals surface area contributed by atoms with Crippen molar-refractivity contribution in [1.82, 2.24) is 0 Å². The van der Waals surface area contributed by atoms with Gasteiger partial charge in [0.05, 0.1) is 0 Å². The van der Waals surface area contributed by atoms with Gasteiger partial charge in [0.25, 0.3) is 0 Å². The molecule has 0 fully saturated rings. The highest BCUT2D eigenvalue weighted by atomic mass is 35.5. The lowest BCUT2D eigenvalue weighted by Crippen LogP contribution is -2.34. The highest BCUT2D eigenvalue weighted by molar-refractivity contribution is 6.30. The summed E-state index contributed by atoms with van der Waals surface area (Å²) in [6.07, 6.45) is 3.16. The van der Waals surface area contributed by atoms with Crippen molar-refractivity contribution in [2.75, 3.05) is 11.4 Å². The molecule has 1 atom stereocenters. The summed E-state index contributed by atoms with van der Waals surface area (Å²) in [5.74, 6) is 0. The quantitative estimate of drug-likeness (QED) is 0.915. The van der Waals surface area contributed by atoms with Crippen molar-refractivity contribution in [2.24, 2.45) is 5.73 Å². The standard InChI is InChI=1S/C18H21ClN2/c1-13-6-7-14-4-2-3-5-17(14)21(13)18-9-8-16(19)12-15(18)10-11-20/h2-5,8-9,12-13H,6-7,10-11,20H2,1H3. The number of benzene rings is 2. The van der Waals surface area contributed by atoms with E-state index in [1.54, 1.807) is 0 Å². The van der Waals surface area contributed by atoms with Crippen LogP contribution < -0.4 is 10.6 Å². The minimum Gasteiger partial charge on any atom is -0.338 e. The molecule has 0 bridgehead atoms. The van der Waals surface area contributed by atoms with Crippen molar-refractivity contribution < 1.29 is 0 Å². The third kappa shape index (κ3) is 2.78. The molecule has 2 aromatic rings. The fourth-order valence-corrected chi connectivity index (χ4v) is 3.39. The first-order chi connectivity index (χ1) is 10.2. The molecular formula is C18H21ClN2. The van der Waals surface area contributed by atoms with E-state index in [0.29, 0.717) is 12.6 Å². The Morgan fingerprint density at radius 1 is 1.19 bits per heavy atom. The van der Waals surface area contributed by atoms with E-state index < -0.39 is 0 Å². The summed E-state index contributed by atoms with van der Waals surface area (Å²) in [6.45, 7) is 2.92. The maximum atomic E-state index is 6.17. The first-order valence-corrected chi connectivity index (χ1v) is 7.94. The molecule has 0 saturated heterocycles. The average Bonchev–Trinajstić information content (AvgIpc) is 2.49. The number of hydrogen-bond acceptors (Lipinski definition) is 2. The summed E-state index contributed by atoms with van der Waals surface area (Å²) in [5.41, 5.74) is 11.0. The van der Waals surface area contributed by atoms with Crippen molar-refractivity contribution in [3.63, 3.8) is 0 Å². The molecule has 2 aromatic carbocycles. The van der Waals surface area contributed by atoms with Crippen LogP contribution in [0.5, 0.6) is 0 Å². The zero-order valence-electron chi connectivity index (χ0n) is 12.3. The Balaban J connectivity index is 2.11. The van der Waals surface area contributed by atoms with Gasteiger partial charge in [0.15, 0.2) is 0 Å². The largest absolute Gasteiger partial charge is 0.338 e. The van der Waals surface area contributed by atoms with Crippen LogP contribution in [0.2, 0.25) is 5.02 Å². The van der Waals surface area contributed by atoms with E-state index in [0.717, 1.165) is 17.9 Å². The van der Waals surface area contributed by atoms with Gasteiger partial charge in [-0.3, -0.25) is 0 Å². The maximum absolute atomic E-state index is 6.17. The van der Waals surface area contributed by atoms with Gasteiger partial charge in [-0.25, -0.2) is 0 Å². The molecule has 1 heterocycles. The molecule has 1 aliphatic heterocycles. The summed E-state index contributed by atoms with van der Waals surface area (Å²) >= 11 is 6.17. The van der Waals surface area contributed by atoms with E-state index in [1.807, 2.05) is 12.1 Å². The highest BCUT2D eigenvalue weighted by Crippen LogP contribution is 2.39. The molecule has 0 spiro atoms. The number of anilines is 2. The summed E-state index contributed by atoms with van der Waals surface area (Å²) in [6, 6.07) is 15.3. The summed E-state index contributed by atoms with van der Waals surface area (Å²) in [4.78, 5) is 2.44. The van der Waals surface area contributed by atoms with Gasteiger partial charge in [0.1, 0.15) is 0 Å². The minimum atomic E-state index is 0.484. The Morgan fingerprint density at radius 2 is 2.00 bits per heavy atom. The van der Waals surface area contributed by atoms with Crippen molar-refractivity contribution >= 4 is 23.0 Å². The molecule has 0 aliphatic carbocycles. The van der Waals surface area contributed by atoms with Gasteiger partial charge in [0.2, 0.25) is 0 Å². The van der Waals surface area contributed by atoms with Crippen LogP contribution >= 0.6 is 11.6 Å². The second-order valence-corrected chi connectivity index (χ2v) is 6.13. The van der Waals surface area contributed by atoms with Gasteiger partial charge >= 0.3 is 0 Å². The number of rotatable bonds is 3. The van der Waals surface area contributed by atoms with Gasteiger partial charge in [-0.05, 0) is 68.1 Å². The van der Waals surface area contributed by atoms with Crippen molar-refractivity contribution in [3.8, 4) is 0 Å². The van der Waals surface area contributed by atoms with E-state index in [9.17, 15) is 0 Å². The van der Waals surface area contributed by atoms with Crippen molar-refractivity contribution in [3.05, 3.63) is 58.6 Å². The van der Waals surface area contributed by atoms with Crippen LogP contribution in [0.25, 0.3) is 0 Å². The Kier molecular flexibility index (Phi) is 4.18. The Labute approximate surface area is 131 Å². The monoisotopic (exact) mass is 300 g/mol. The molecule has 0 amide bonds. The summed E-state index contributed by atoms with van der Waals surface area (Å²) < 4.78 is 0. The molecule has 0 aromatic heterocycles. The molecule has 3 rings (SSSR count). The molecule has 0 radical (unpaired) electrons. The molecule has 2 nitrogen and oxygen atoms in total. The second-order valence-electron chi connectivity index (χ2n) is 5.70. The van der Waals surface area contributed by atoms with Gasteiger partial charge in [-0.15, -0.1) is 0 Å². The number of nitrogens with two attached hydrogens (primary N) is 1. The number of nitrogens with zero attached hydrogens (tertiary/aromatic N) is 1. The molecule has 2 N–H and O–H groups in total. The summed E-state index contributed by atoms with van der Waals surface area (Å²) in [5, 5.41) is 0.778. The average molecular weight is 301 g/mol. The first kappa shape index (κ1) is 14.4. The predicted octanol–water partition coefficient (Wildman–Crippen LogP) is 4.31. The Hall–Kier alpha value is -1.51. The van der Waals surface area contributed by atoms with Gasteiger partial charge in [-0.2, -0.15) is 0 Å². The van der Waals surface area contributed by atoms with E-state index in [-0.39, 0.29) is 0 Å². The molecule has 21 heavy (non-hydrogen) atoms. The predicted molar refractivity (Wildman–Crippen MR) is 90.6 cm³/mol. The molecule has 110 valence electrons. The summed E-state index contributed by atoms with van der Waals surface area (Å²) in [7, 11) is 0. The van der Waals surface area contributed by atoms with Gasteiger partial charge in [-0.1, -0.05) is 29.8 Å². The SMILES string of the molecule is CC1CCc2ccccc2N1c1ccc(Cl)cc1CCN. The number of aryl methyl sites for hydroxylation is 1. The fourth-order valence-electron chi connectivity index (χ4n) is 3.20. The normalized spacial score (nSPS) is 17.7. The maximum Gasteiger partial charge on any atom is 0.0447 e. The first-order valence-electron chi connectivity index (χ1n) is 7.56. The lowest BCUT2D eigenvalue weighted by Gasteiger charge is -2.38. The van der Waals surface area contributed by atoms with E-state index in [1.165, 1.54) is 28.9 Å². The van der Waals surface area contributed by atoms with E-state index in [2.05, 4.69) is 42.2 Å². The minimum absolute atomic E-state index is 0.484. The Morgan fingerprint density at radius 3 is 2.81 bits per heavy atom. The molecular weight excluding hydrogens is 280 g/mol. The van der Waals surface area contributed by atoms with Crippen LogP contribution in [-0.2, 0) is 12.8 Å². The zero-order valence-corrected chi connectivity index (χ0v) is 13.1. The van der Waals surface area contributed by atoms with Gasteiger partial charge < -0.3 is 10.6 Å². The van der Waals surface area contributed by atoms with Crippen LogP contribution in [0.15, 0.2) is 42.5 Å². The number of para-hydroxylation sites is 1. The van der Waals surface area contributed by atoms with Crippen LogP contribution in [-0.4, -0.2) is 12.6 Å². The highest BCUT2D eigenvalue weighted by Gasteiger charge is 2.25. The molecule has 1 unspecified atom stereocenters. The van der Waals surface area contributed by atoms with Crippen LogP contribution in [0.1, 0.15) is 24.5 Å². The smallest absolute Gasteiger partial charge is 0.0447 e. The third-order valence-electron chi connectivity index (χ3n) is 4.24. The number of fused-ring (bicyclic) bond motifs is 1. The fraction of sp³-hybridized carbons (Fsp3) is 0.333. The number of hydrogen-bond donors (Lipinski definition) is 1. The molecule has 0 saturated carbocycles. The van der Waals surface area contributed by atoms with Crippen LogP contribution in [0.3, 0.4) is 0 Å². The molecule has 1 aliphatic rings. The van der Waals surface area contributed by atoms with Crippen molar-refractivity contribution in [2.45, 2.75) is 32.2 Å². The lowest BCUT2D eigenvalue weighted by molar-refractivity contribution is 0.616. The Bertz CT molecular complexity index is 639. The zero-order chi connectivity index (χ0) is 14.8. The van der Waals surface area contributed by atoms with E-state index in [4.69, 9.17) is 17.3 Å². The number of halogens is 1. The lowest BCUT2D eigenvalue weighted by atomic mass is 9.94. The molecule has 3 heteroatoms. The third-order valence-corrected chi connectivity index (χ3v) is 4.47. The topological polar surface area (TPSA) is 29.3 Å².